The van der Waals surface area contributed by atoms with Crippen LogP contribution < -0.4 is 0 Å². The fraction of sp³-hybridized carbons (Fsp3) is 0.613. The average Bonchev–Trinajstić information content (AvgIpc) is 3.63. The molecule has 0 aromatic heterocycles. The van der Waals surface area contributed by atoms with Gasteiger partial charge in [-0.25, -0.2) is 0 Å². The van der Waals surface area contributed by atoms with E-state index in [-0.39, 0.29) is 5.41 Å². The van der Waals surface area contributed by atoms with E-state index in [0.717, 1.165) is 23.3 Å². The van der Waals surface area contributed by atoms with Crippen molar-refractivity contribution in [2.75, 3.05) is 0 Å². The lowest BCUT2D eigenvalue weighted by atomic mass is 9.86. The molecule has 0 heterocycles. The van der Waals surface area contributed by atoms with E-state index in [1.807, 2.05) is 0 Å². The molecule has 0 radical (unpaired) electrons. The number of phenols is 2. The number of hydrogen-bond donors (Lipinski definition) is 2. The van der Waals surface area contributed by atoms with E-state index >= 15 is 0 Å². The van der Waals surface area contributed by atoms with E-state index in [1.54, 1.807) is 0 Å². The van der Waals surface area contributed by atoms with Crippen LogP contribution in [0.15, 0.2) is 36.4 Å². The summed E-state index contributed by atoms with van der Waals surface area (Å²) in [5.41, 5.74) is 4.98. The summed E-state index contributed by atoms with van der Waals surface area (Å²) < 4.78 is 0. The molecule has 0 aliphatic heterocycles. The van der Waals surface area contributed by atoms with Gasteiger partial charge in [0.2, 0.25) is 0 Å². The highest BCUT2D eigenvalue weighted by Crippen LogP contribution is 2.56. The van der Waals surface area contributed by atoms with Crippen LogP contribution in [0.1, 0.15) is 119 Å². The molecule has 2 aromatic rings. The molecule has 33 heavy (non-hydrogen) atoms. The quantitative estimate of drug-likeness (QED) is 0.448. The molecule has 6 rings (SSSR count). The SMILES string of the molecule is CC(C)c1cccc(C(C2CC2)C2CC2)c1O.CC(c1cccc(C2(C)CC2)c1O)C1CC1. The number of hydrogen-bond acceptors (Lipinski definition) is 2. The Bertz CT molecular complexity index is 978. The van der Waals surface area contributed by atoms with Crippen LogP contribution in [0.3, 0.4) is 0 Å². The fourth-order valence-electron chi connectivity index (χ4n) is 5.84. The molecule has 178 valence electrons. The number of benzene rings is 2. The predicted molar refractivity (Wildman–Crippen MR) is 136 cm³/mol. The Kier molecular flexibility index (Phi) is 6.00. The predicted octanol–water partition coefficient (Wildman–Crippen LogP) is 8.38. The Morgan fingerprint density at radius 2 is 1.21 bits per heavy atom. The van der Waals surface area contributed by atoms with Crippen LogP contribution in [0.2, 0.25) is 0 Å². The van der Waals surface area contributed by atoms with E-state index in [0.29, 0.717) is 29.3 Å². The molecular formula is C31H42O2. The second-order valence-electron chi connectivity index (χ2n) is 12.1. The fourth-order valence-corrected chi connectivity index (χ4v) is 5.84. The van der Waals surface area contributed by atoms with Gasteiger partial charge in [0.15, 0.2) is 0 Å². The van der Waals surface area contributed by atoms with Crippen LogP contribution in [0.25, 0.3) is 0 Å². The maximum atomic E-state index is 10.5. The minimum Gasteiger partial charge on any atom is -0.507 e. The highest BCUT2D eigenvalue weighted by molar-refractivity contribution is 5.49. The normalized spacial score (nSPS) is 22.1. The van der Waals surface area contributed by atoms with Gasteiger partial charge in [0.05, 0.1) is 0 Å². The highest BCUT2D eigenvalue weighted by atomic mass is 16.3. The van der Waals surface area contributed by atoms with Crippen LogP contribution >= 0.6 is 0 Å². The zero-order chi connectivity index (χ0) is 23.3. The third-order valence-electron chi connectivity index (χ3n) is 8.88. The zero-order valence-electron chi connectivity index (χ0n) is 21.0. The van der Waals surface area contributed by atoms with Crippen LogP contribution in [0.4, 0.5) is 0 Å². The minimum atomic E-state index is 0.267. The Morgan fingerprint density at radius 1 is 0.697 bits per heavy atom. The standard InChI is InChI=1S/C16H22O.C15H20O/c1-10(2)13-4-3-5-14(16(13)17)15(11-6-7-11)12-8-9-12;1-10(11-6-7-11)12-4-3-5-13(14(12)16)15(2)8-9-15/h3-5,10-12,15,17H,6-9H2,1-2H3;3-5,10-11,16H,6-9H2,1-2H3. The van der Waals surface area contributed by atoms with Crippen molar-refractivity contribution < 1.29 is 10.2 Å². The largest absolute Gasteiger partial charge is 0.507 e. The summed E-state index contributed by atoms with van der Waals surface area (Å²) in [6, 6.07) is 12.7. The Hall–Kier alpha value is -1.96. The molecule has 1 atom stereocenters. The van der Waals surface area contributed by atoms with Gasteiger partial charge in [0, 0.05) is 5.56 Å². The first-order valence-corrected chi connectivity index (χ1v) is 13.4. The number of aromatic hydroxyl groups is 2. The van der Waals surface area contributed by atoms with Crippen LogP contribution in [-0.2, 0) is 5.41 Å². The minimum absolute atomic E-state index is 0.267. The summed E-state index contributed by atoms with van der Waals surface area (Å²) in [5.74, 6) is 5.29. The topological polar surface area (TPSA) is 40.5 Å². The molecular weight excluding hydrogens is 404 g/mol. The summed E-state index contributed by atoms with van der Waals surface area (Å²) in [6.45, 7) is 8.82. The van der Waals surface area contributed by atoms with E-state index < -0.39 is 0 Å². The van der Waals surface area contributed by atoms with Gasteiger partial charge < -0.3 is 10.2 Å². The van der Waals surface area contributed by atoms with Crippen LogP contribution in [0, 0.1) is 17.8 Å². The first-order chi connectivity index (χ1) is 15.8. The summed E-state index contributed by atoms with van der Waals surface area (Å²) in [7, 11) is 0. The number of para-hydroxylation sites is 2. The van der Waals surface area contributed by atoms with Crippen molar-refractivity contribution in [2.45, 2.75) is 102 Å². The van der Waals surface area contributed by atoms with Crippen molar-refractivity contribution in [1.82, 2.24) is 0 Å². The lowest BCUT2D eigenvalue weighted by Crippen LogP contribution is -2.05. The molecule has 2 heteroatoms. The lowest BCUT2D eigenvalue weighted by Gasteiger charge is -2.20. The zero-order valence-corrected chi connectivity index (χ0v) is 21.0. The first kappa shape index (κ1) is 22.8. The maximum absolute atomic E-state index is 10.5. The molecule has 2 N–H and O–H groups in total. The van der Waals surface area contributed by atoms with Crippen molar-refractivity contribution in [3.63, 3.8) is 0 Å². The van der Waals surface area contributed by atoms with E-state index in [4.69, 9.17) is 0 Å². The third-order valence-corrected chi connectivity index (χ3v) is 8.88. The molecule has 1 unspecified atom stereocenters. The van der Waals surface area contributed by atoms with Gasteiger partial charge in [-0.15, -0.1) is 0 Å². The van der Waals surface area contributed by atoms with E-state index in [2.05, 4.69) is 64.1 Å². The van der Waals surface area contributed by atoms with Gasteiger partial charge in [0.1, 0.15) is 11.5 Å². The van der Waals surface area contributed by atoms with Crippen molar-refractivity contribution in [1.29, 1.82) is 0 Å². The smallest absolute Gasteiger partial charge is 0.122 e. The van der Waals surface area contributed by atoms with Crippen LogP contribution in [-0.4, -0.2) is 10.2 Å². The van der Waals surface area contributed by atoms with Crippen molar-refractivity contribution in [3.05, 3.63) is 58.7 Å². The maximum Gasteiger partial charge on any atom is 0.122 e. The molecule has 0 bridgehead atoms. The van der Waals surface area contributed by atoms with Crippen molar-refractivity contribution in [3.8, 4) is 11.5 Å². The van der Waals surface area contributed by atoms with Gasteiger partial charge in [-0.05, 0) is 109 Å². The van der Waals surface area contributed by atoms with Gasteiger partial charge in [-0.3, -0.25) is 0 Å². The summed E-state index contributed by atoms with van der Waals surface area (Å²) in [5, 5.41) is 20.9. The molecule has 2 nitrogen and oxygen atoms in total. The molecule has 2 aromatic carbocycles. The molecule has 4 saturated carbocycles. The van der Waals surface area contributed by atoms with Crippen molar-refractivity contribution in [2.24, 2.45) is 17.8 Å². The Labute approximate surface area is 200 Å². The van der Waals surface area contributed by atoms with Gasteiger partial charge >= 0.3 is 0 Å². The molecule has 0 amide bonds. The van der Waals surface area contributed by atoms with Crippen molar-refractivity contribution >= 4 is 0 Å². The lowest BCUT2D eigenvalue weighted by molar-refractivity contribution is 0.435. The van der Waals surface area contributed by atoms with Crippen LogP contribution in [0.5, 0.6) is 11.5 Å². The van der Waals surface area contributed by atoms with Gasteiger partial charge in [0.25, 0.3) is 0 Å². The first-order valence-electron chi connectivity index (χ1n) is 13.4. The Morgan fingerprint density at radius 3 is 1.73 bits per heavy atom. The van der Waals surface area contributed by atoms with E-state index in [9.17, 15) is 10.2 Å². The number of rotatable bonds is 7. The average molecular weight is 447 g/mol. The molecule has 0 saturated heterocycles. The second kappa shape index (κ2) is 8.67. The summed E-state index contributed by atoms with van der Waals surface area (Å²) in [4.78, 5) is 0. The highest BCUT2D eigenvalue weighted by Gasteiger charge is 2.44. The van der Waals surface area contributed by atoms with Gasteiger partial charge in [-0.2, -0.15) is 0 Å². The van der Waals surface area contributed by atoms with E-state index in [1.165, 1.54) is 68.1 Å². The third kappa shape index (κ3) is 4.81. The second-order valence-corrected chi connectivity index (χ2v) is 12.1. The van der Waals surface area contributed by atoms with Gasteiger partial charge in [-0.1, -0.05) is 64.1 Å². The monoisotopic (exact) mass is 446 g/mol. The molecule has 4 fully saturated rings. The number of phenolic OH excluding ortho intramolecular Hbond substituents is 2. The molecule has 4 aliphatic carbocycles. The summed E-state index contributed by atoms with van der Waals surface area (Å²) in [6.07, 6.45) is 10.6. The molecule has 0 spiro atoms. The molecule has 4 aliphatic rings. The Balaban J connectivity index is 0.000000139. The summed E-state index contributed by atoms with van der Waals surface area (Å²) >= 11 is 0.